The fourth-order valence-corrected chi connectivity index (χ4v) is 8.72. The minimum absolute atomic E-state index is 0.0364. The van der Waals surface area contributed by atoms with Crippen LogP contribution >= 0.6 is 0 Å². The molecular formula is C51H80N14O10. The molecule has 1 saturated heterocycles. The van der Waals surface area contributed by atoms with E-state index in [1.165, 1.54) is 40.9 Å². The number of carboxylic acid groups (broad SMARTS) is 1. The molecule has 0 aromatic heterocycles. The fourth-order valence-electron chi connectivity index (χ4n) is 8.72. The van der Waals surface area contributed by atoms with Crippen LogP contribution in [0, 0.1) is 5.92 Å². The summed E-state index contributed by atoms with van der Waals surface area (Å²) >= 11 is 0. The first-order chi connectivity index (χ1) is 35.5. The standard InChI is InChI=1S/C51H80N14O10/c1-6-7-16-37(61-46(72)41(27-31(2)3)64(5)48(74)38(29-32-14-9-8-10-15-32)62-43(69)35(52)28-33-20-22-34(66)23-21-33)47(73)63(4)40(18-12-25-58-51(55)56)49(75)65-26-13-19-39(65)45(71)60-36(17-11-24-57-50(53)54)44(70)59-30-42(67)68/h8-10,14-15,20-23,31,35-41,66H,6-7,11-13,16-19,24-30,52H2,1-5H3,(H,59,70)(H,60,71)(H,61,72)(H,62,69)(H,67,68)(H4,53,54,57)(H4,55,56,58)/t35-,36-,37-,38-,39-,40-,41-/m0/s1. The number of nitrogens with one attached hydrogen (secondary N) is 4. The Balaban J connectivity index is 1.93. The fraction of sp³-hybridized carbons (Fsp3) is 0.569. The van der Waals surface area contributed by atoms with Gasteiger partial charge in [0.1, 0.15) is 48.5 Å². The maximum absolute atomic E-state index is 14.8. The number of phenols is 1. The summed E-state index contributed by atoms with van der Waals surface area (Å²) in [5.74, 6) is -6.15. The van der Waals surface area contributed by atoms with Crippen LogP contribution in [0.1, 0.15) is 96.1 Å². The highest BCUT2D eigenvalue weighted by molar-refractivity contribution is 5.98. The first-order valence-electron chi connectivity index (χ1n) is 25.5. The molecule has 7 amide bonds. The first-order valence-corrected chi connectivity index (χ1v) is 25.5. The lowest BCUT2D eigenvalue weighted by Gasteiger charge is -2.36. The number of rotatable bonds is 31. The van der Waals surface area contributed by atoms with Gasteiger partial charge in [0.2, 0.25) is 41.4 Å². The number of hydrogen-bond donors (Lipinski definition) is 11. The predicted molar refractivity (Wildman–Crippen MR) is 283 cm³/mol. The monoisotopic (exact) mass is 1050 g/mol. The number of likely N-dealkylation sites (tertiary alicyclic amines) is 1. The molecule has 16 N–H and O–H groups in total. The topological polar surface area (TPSA) is 390 Å². The van der Waals surface area contributed by atoms with Gasteiger partial charge >= 0.3 is 5.97 Å². The van der Waals surface area contributed by atoms with E-state index in [-0.39, 0.29) is 101 Å². The Morgan fingerprint density at radius 1 is 0.707 bits per heavy atom. The molecule has 1 aliphatic heterocycles. The molecule has 0 spiro atoms. The zero-order chi connectivity index (χ0) is 55.8. The third-order valence-corrected chi connectivity index (χ3v) is 12.8. The molecule has 0 aliphatic carbocycles. The van der Waals surface area contributed by atoms with Crippen molar-refractivity contribution in [2.75, 3.05) is 40.3 Å². The van der Waals surface area contributed by atoms with Gasteiger partial charge < -0.3 is 74.8 Å². The van der Waals surface area contributed by atoms with Gasteiger partial charge in [-0.3, -0.25) is 48.3 Å². The van der Waals surface area contributed by atoms with Crippen LogP contribution in [0.5, 0.6) is 5.75 Å². The summed E-state index contributed by atoms with van der Waals surface area (Å²) < 4.78 is 0. The number of aliphatic imine (C=N–C) groups is 2. The summed E-state index contributed by atoms with van der Waals surface area (Å²) in [6.07, 6.45) is 2.85. The van der Waals surface area contributed by atoms with Crippen molar-refractivity contribution in [1.29, 1.82) is 0 Å². The highest BCUT2D eigenvalue weighted by atomic mass is 16.4. The number of hydrogen-bond acceptors (Lipinski definition) is 12. The van der Waals surface area contributed by atoms with Crippen LogP contribution in [0.25, 0.3) is 0 Å². The lowest BCUT2D eigenvalue weighted by Crippen LogP contribution is -2.60. The summed E-state index contributed by atoms with van der Waals surface area (Å²) in [5, 5.41) is 29.6. The summed E-state index contributed by atoms with van der Waals surface area (Å²) in [7, 11) is 2.90. The van der Waals surface area contributed by atoms with E-state index in [4.69, 9.17) is 33.8 Å². The number of nitrogens with two attached hydrogens (primary N) is 5. The Bertz CT molecular complexity index is 2270. The molecule has 0 saturated carbocycles. The molecule has 1 fully saturated rings. The van der Waals surface area contributed by atoms with Crippen molar-refractivity contribution in [2.24, 2.45) is 44.6 Å². The van der Waals surface area contributed by atoms with Crippen molar-refractivity contribution in [1.82, 2.24) is 36.0 Å². The van der Waals surface area contributed by atoms with Gasteiger partial charge in [-0.2, -0.15) is 0 Å². The second-order valence-electron chi connectivity index (χ2n) is 19.3. The number of carbonyl (C=O) groups excluding carboxylic acids is 7. The van der Waals surface area contributed by atoms with Crippen molar-refractivity contribution < 1.29 is 48.6 Å². The molecule has 2 aromatic rings. The summed E-state index contributed by atoms with van der Waals surface area (Å²) in [6, 6.07) is 7.32. The van der Waals surface area contributed by atoms with Crippen LogP contribution in [0.4, 0.5) is 0 Å². The third kappa shape index (κ3) is 20.7. The van der Waals surface area contributed by atoms with Crippen LogP contribution < -0.4 is 49.9 Å². The van der Waals surface area contributed by atoms with Gasteiger partial charge in [0.15, 0.2) is 11.9 Å². The highest BCUT2D eigenvalue weighted by Gasteiger charge is 2.42. The molecule has 1 aliphatic rings. The zero-order valence-electron chi connectivity index (χ0n) is 43.9. The van der Waals surface area contributed by atoms with E-state index in [1.807, 2.05) is 39.0 Å². The van der Waals surface area contributed by atoms with Crippen molar-refractivity contribution in [3.05, 3.63) is 65.7 Å². The van der Waals surface area contributed by atoms with Crippen LogP contribution in [-0.2, 0) is 51.2 Å². The maximum Gasteiger partial charge on any atom is 0.322 e. The van der Waals surface area contributed by atoms with Crippen LogP contribution in [0.15, 0.2) is 64.6 Å². The van der Waals surface area contributed by atoms with Gasteiger partial charge in [-0.15, -0.1) is 0 Å². The van der Waals surface area contributed by atoms with E-state index < -0.39 is 96.2 Å². The second-order valence-corrected chi connectivity index (χ2v) is 19.3. The molecule has 0 unspecified atom stereocenters. The van der Waals surface area contributed by atoms with Gasteiger partial charge in [0.25, 0.3) is 0 Å². The van der Waals surface area contributed by atoms with Gasteiger partial charge in [0, 0.05) is 40.2 Å². The molecule has 2 aromatic carbocycles. The average molecular weight is 1050 g/mol. The van der Waals surface area contributed by atoms with Crippen LogP contribution in [0.2, 0.25) is 0 Å². The van der Waals surface area contributed by atoms with Crippen LogP contribution in [0.3, 0.4) is 0 Å². The Kier molecular flexibility index (Phi) is 25.8. The Morgan fingerprint density at radius 3 is 1.85 bits per heavy atom. The maximum atomic E-state index is 14.8. The SMILES string of the molecule is CCCC[C@H](NC(=O)[C@H](CC(C)C)N(C)C(=O)[C@H](Cc1ccccc1)NC(=O)[C@@H](N)Cc1ccc(O)cc1)C(=O)N(C)[C@@H](CCCN=C(N)N)C(=O)N1CCC[C@H]1C(=O)N[C@@H](CCCN=C(N)N)C(=O)NCC(=O)O. The number of likely N-dealkylation sites (N-methyl/N-ethyl adjacent to an activating group) is 2. The lowest BCUT2D eigenvalue weighted by atomic mass is 9.98. The van der Waals surface area contributed by atoms with Gasteiger partial charge in [-0.1, -0.05) is 76.1 Å². The minimum Gasteiger partial charge on any atom is -0.508 e. The Morgan fingerprint density at radius 2 is 1.27 bits per heavy atom. The molecule has 1 heterocycles. The van der Waals surface area contributed by atoms with E-state index >= 15 is 0 Å². The number of guanidine groups is 2. The number of amides is 7. The smallest absolute Gasteiger partial charge is 0.322 e. The number of benzene rings is 2. The van der Waals surface area contributed by atoms with E-state index in [0.29, 0.717) is 24.8 Å². The number of phenolic OH excluding ortho intramolecular Hbond substituents is 1. The Labute approximate surface area is 439 Å². The number of carboxylic acids is 1. The van der Waals surface area contributed by atoms with Gasteiger partial charge in [-0.05, 0) is 87.0 Å². The summed E-state index contributed by atoms with van der Waals surface area (Å²) in [6.45, 7) is 5.34. The minimum atomic E-state index is -1.29. The molecule has 414 valence electrons. The molecular weight excluding hydrogens is 969 g/mol. The normalized spacial score (nSPS) is 15.5. The van der Waals surface area contributed by atoms with E-state index in [9.17, 15) is 43.5 Å². The van der Waals surface area contributed by atoms with Gasteiger partial charge in [-0.25, -0.2) is 0 Å². The van der Waals surface area contributed by atoms with Crippen molar-refractivity contribution in [3.8, 4) is 5.75 Å². The van der Waals surface area contributed by atoms with E-state index in [0.717, 1.165) is 5.56 Å². The quantitative estimate of drug-likeness (QED) is 0.0249. The number of aromatic hydroxyl groups is 1. The van der Waals surface area contributed by atoms with Crippen molar-refractivity contribution >= 4 is 59.2 Å². The van der Waals surface area contributed by atoms with Crippen molar-refractivity contribution in [2.45, 2.75) is 140 Å². The zero-order valence-corrected chi connectivity index (χ0v) is 43.9. The number of unbranched alkanes of at least 4 members (excludes halogenated alkanes) is 1. The van der Waals surface area contributed by atoms with E-state index in [1.54, 1.807) is 24.3 Å². The predicted octanol–water partition coefficient (Wildman–Crippen LogP) is -0.852. The molecule has 7 atom stereocenters. The first kappa shape index (κ1) is 61.8. The molecule has 75 heavy (non-hydrogen) atoms. The average Bonchev–Trinajstić information content (AvgIpc) is 3.87. The molecule has 24 nitrogen and oxygen atoms in total. The molecule has 0 bridgehead atoms. The number of aliphatic carboxylic acids is 1. The van der Waals surface area contributed by atoms with Gasteiger partial charge in [0.05, 0.1) is 6.04 Å². The largest absolute Gasteiger partial charge is 0.508 e. The summed E-state index contributed by atoms with van der Waals surface area (Å²) in [5.41, 5.74) is 29.8. The highest BCUT2D eigenvalue weighted by Crippen LogP contribution is 2.24. The second kappa shape index (κ2) is 31.3. The van der Waals surface area contributed by atoms with E-state index in [2.05, 4.69) is 31.3 Å². The molecule has 0 radical (unpaired) electrons. The van der Waals surface area contributed by atoms with Crippen LogP contribution in [-0.4, -0.2) is 167 Å². The molecule has 24 heteroatoms. The lowest BCUT2D eigenvalue weighted by molar-refractivity contribution is -0.149. The van der Waals surface area contributed by atoms with Crippen molar-refractivity contribution in [3.63, 3.8) is 0 Å². The Hall–Kier alpha value is -7.50. The third-order valence-electron chi connectivity index (χ3n) is 12.8. The number of carbonyl (C=O) groups is 8. The number of nitrogens with zero attached hydrogens (tertiary/aromatic N) is 5. The molecule has 3 rings (SSSR count). The summed E-state index contributed by atoms with van der Waals surface area (Å²) in [4.78, 5) is 123.